The van der Waals surface area contributed by atoms with E-state index < -0.39 is 5.60 Å². The zero-order valence-corrected chi connectivity index (χ0v) is 10.8. The number of nitrogens with one attached hydrogen (secondary N) is 1. The second-order valence-electron chi connectivity index (χ2n) is 4.56. The molecule has 0 amide bonds. The van der Waals surface area contributed by atoms with Crippen molar-refractivity contribution in [3.8, 4) is 6.07 Å². The minimum absolute atomic E-state index is 0.238. The average molecular weight is 257 g/mol. The molecule has 5 heteroatoms. The predicted octanol–water partition coefficient (Wildman–Crippen LogP) is 2.17. The van der Waals surface area contributed by atoms with Gasteiger partial charge in [-0.1, -0.05) is 6.07 Å². The Morgan fingerprint density at radius 2 is 2.21 bits per heavy atom. The molecule has 1 unspecified atom stereocenters. The molecule has 2 aromatic heterocycles. The molecule has 0 saturated heterocycles. The van der Waals surface area contributed by atoms with Crippen LogP contribution >= 0.6 is 0 Å². The van der Waals surface area contributed by atoms with Crippen molar-refractivity contribution in [1.82, 2.24) is 4.98 Å². The fourth-order valence-electron chi connectivity index (χ4n) is 1.67. The van der Waals surface area contributed by atoms with E-state index in [2.05, 4.69) is 10.3 Å². The molecule has 5 nitrogen and oxygen atoms in total. The van der Waals surface area contributed by atoms with Gasteiger partial charge in [-0.3, -0.25) is 0 Å². The van der Waals surface area contributed by atoms with Crippen LogP contribution in [0, 0.1) is 18.3 Å². The van der Waals surface area contributed by atoms with Crippen LogP contribution < -0.4 is 5.32 Å². The zero-order valence-electron chi connectivity index (χ0n) is 10.8. The normalized spacial score (nSPS) is 13.6. The van der Waals surface area contributed by atoms with Crippen LogP contribution in [0.1, 0.15) is 24.1 Å². The number of hydrogen-bond acceptors (Lipinski definition) is 5. The quantitative estimate of drug-likeness (QED) is 0.877. The highest BCUT2D eigenvalue weighted by atomic mass is 16.4. The van der Waals surface area contributed by atoms with Gasteiger partial charge >= 0.3 is 0 Å². The molecule has 0 fully saturated rings. The molecule has 2 aromatic rings. The minimum Gasteiger partial charge on any atom is -0.463 e. The van der Waals surface area contributed by atoms with Crippen molar-refractivity contribution in [3.63, 3.8) is 0 Å². The molecule has 98 valence electrons. The molecule has 2 rings (SSSR count). The predicted molar refractivity (Wildman–Crippen MR) is 70.5 cm³/mol. The Balaban J connectivity index is 2.07. The first-order valence-electron chi connectivity index (χ1n) is 5.91. The number of rotatable bonds is 4. The third kappa shape index (κ3) is 3.12. The molecule has 2 heterocycles. The van der Waals surface area contributed by atoms with Crippen LogP contribution in [0.15, 0.2) is 34.7 Å². The summed E-state index contributed by atoms with van der Waals surface area (Å²) in [5.41, 5.74) is -0.808. The second kappa shape index (κ2) is 5.12. The number of anilines is 1. The number of aromatic nitrogens is 1. The standard InChI is InChI=1S/C14H15N3O2/c1-10-6-7-12(19-10)14(2,18)9-16-13-5-3-4-11(8-15)17-13/h3-7,18H,9H2,1-2H3,(H,16,17). The zero-order chi connectivity index (χ0) is 13.9. The summed E-state index contributed by atoms with van der Waals surface area (Å²) < 4.78 is 5.42. The Morgan fingerprint density at radius 1 is 1.42 bits per heavy atom. The summed E-state index contributed by atoms with van der Waals surface area (Å²) in [5.74, 6) is 1.79. The van der Waals surface area contributed by atoms with Crippen LogP contribution in [0.4, 0.5) is 5.82 Å². The molecular weight excluding hydrogens is 242 g/mol. The molecule has 19 heavy (non-hydrogen) atoms. The molecule has 0 aliphatic rings. The van der Waals surface area contributed by atoms with Gasteiger partial charge in [0.1, 0.15) is 34.7 Å². The Bertz CT molecular complexity index is 611. The van der Waals surface area contributed by atoms with Crippen molar-refractivity contribution in [2.24, 2.45) is 0 Å². The van der Waals surface area contributed by atoms with E-state index in [1.54, 1.807) is 37.3 Å². The molecule has 2 N–H and O–H groups in total. The SMILES string of the molecule is Cc1ccc(C(C)(O)CNc2cccc(C#N)n2)o1. The number of nitrogens with zero attached hydrogens (tertiary/aromatic N) is 2. The van der Waals surface area contributed by atoms with E-state index in [-0.39, 0.29) is 6.54 Å². The van der Waals surface area contributed by atoms with Gasteiger partial charge in [-0.05, 0) is 38.1 Å². The summed E-state index contributed by atoms with van der Waals surface area (Å²) in [6.45, 7) is 3.72. The van der Waals surface area contributed by atoms with E-state index >= 15 is 0 Å². The monoisotopic (exact) mass is 257 g/mol. The lowest BCUT2D eigenvalue weighted by Crippen LogP contribution is -2.30. The highest BCUT2D eigenvalue weighted by Crippen LogP contribution is 2.23. The van der Waals surface area contributed by atoms with Crippen molar-refractivity contribution in [2.75, 3.05) is 11.9 Å². The lowest BCUT2D eigenvalue weighted by atomic mass is 10.0. The smallest absolute Gasteiger partial charge is 0.142 e. The van der Waals surface area contributed by atoms with E-state index in [4.69, 9.17) is 9.68 Å². The first-order chi connectivity index (χ1) is 9.01. The van der Waals surface area contributed by atoms with Gasteiger partial charge in [0.25, 0.3) is 0 Å². The van der Waals surface area contributed by atoms with Crippen molar-refractivity contribution in [1.29, 1.82) is 5.26 Å². The maximum absolute atomic E-state index is 10.3. The minimum atomic E-state index is -1.14. The van der Waals surface area contributed by atoms with Gasteiger partial charge in [-0.25, -0.2) is 4.98 Å². The van der Waals surface area contributed by atoms with E-state index in [1.807, 2.05) is 13.0 Å². The summed E-state index contributed by atoms with van der Waals surface area (Å²) in [5, 5.41) is 22.1. The van der Waals surface area contributed by atoms with E-state index in [0.29, 0.717) is 17.3 Å². The first-order valence-corrected chi connectivity index (χ1v) is 5.91. The van der Waals surface area contributed by atoms with Gasteiger partial charge in [0.05, 0.1) is 6.54 Å². The fourth-order valence-corrected chi connectivity index (χ4v) is 1.67. The summed E-state index contributed by atoms with van der Waals surface area (Å²) in [6.07, 6.45) is 0. The molecule has 0 spiro atoms. The maximum Gasteiger partial charge on any atom is 0.142 e. The third-order valence-electron chi connectivity index (χ3n) is 2.75. The summed E-state index contributed by atoms with van der Waals surface area (Å²) in [4.78, 5) is 4.08. The number of aliphatic hydroxyl groups is 1. The van der Waals surface area contributed by atoms with Gasteiger partial charge in [0, 0.05) is 0 Å². The molecule has 1 atom stereocenters. The van der Waals surface area contributed by atoms with Crippen LogP contribution in [-0.4, -0.2) is 16.6 Å². The largest absolute Gasteiger partial charge is 0.463 e. The molecule has 0 aliphatic heterocycles. The van der Waals surface area contributed by atoms with Crippen LogP contribution in [0.3, 0.4) is 0 Å². The summed E-state index contributed by atoms with van der Waals surface area (Å²) in [6, 6.07) is 10.6. The van der Waals surface area contributed by atoms with Gasteiger partial charge < -0.3 is 14.8 Å². The summed E-state index contributed by atoms with van der Waals surface area (Å²) >= 11 is 0. The highest BCUT2D eigenvalue weighted by Gasteiger charge is 2.26. The Labute approximate surface area is 111 Å². The van der Waals surface area contributed by atoms with Crippen molar-refractivity contribution >= 4 is 5.82 Å². The van der Waals surface area contributed by atoms with Crippen LogP contribution in [-0.2, 0) is 5.60 Å². The summed E-state index contributed by atoms with van der Waals surface area (Å²) in [7, 11) is 0. The Hall–Kier alpha value is -2.32. The van der Waals surface area contributed by atoms with Crippen LogP contribution in [0.25, 0.3) is 0 Å². The topological polar surface area (TPSA) is 82.1 Å². The second-order valence-corrected chi connectivity index (χ2v) is 4.56. The first kappa shape index (κ1) is 13.1. The van der Waals surface area contributed by atoms with Gasteiger partial charge in [0.2, 0.25) is 0 Å². The van der Waals surface area contributed by atoms with Gasteiger partial charge in [-0.2, -0.15) is 5.26 Å². The average Bonchev–Trinajstić information content (AvgIpc) is 2.84. The third-order valence-corrected chi connectivity index (χ3v) is 2.75. The maximum atomic E-state index is 10.3. The number of aryl methyl sites for hydroxylation is 1. The van der Waals surface area contributed by atoms with E-state index in [9.17, 15) is 5.11 Å². The number of pyridine rings is 1. The van der Waals surface area contributed by atoms with Crippen molar-refractivity contribution in [2.45, 2.75) is 19.4 Å². The number of furan rings is 1. The van der Waals surface area contributed by atoms with Crippen molar-refractivity contribution in [3.05, 3.63) is 47.5 Å². The van der Waals surface area contributed by atoms with Crippen LogP contribution in [0.2, 0.25) is 0 Å². The molecule has 0 bridgehead atoms. The lowest BCUT2D eigenvalue weighted by molar-refractivity contribution is 0.0467. The lowest BCUT2D eigenvalue weighted by Gasteiger charge is -2.21. The number of nitriles is 1. The van der Waals surface area contributed by atoms with Gasteiger partial charge in [-0.15, -0.1) is 0 Å². The van der Waals surface area contributed by atoms with Crippen molar-refractivity contribution < 1.29 is 9.52 Å². The number of hydrogen-bond donors (Lipinski definition) is 2. The molecule has 0 aromatic carbocycles. The Kier molecular flexibility index (Phi) is 3.54. The van der Waals surface area contributed by atoms with E-state index in [0.717, 1.165) is 5.76 Å². The Morgan fingerprint density at radius 3 is 2.84 bits per heavy atom. The van der Waals surface area contributed by atoms with Crippen LogP contribution in [0.5, 0.6) is 0 Å². The van der Waals surface area contributed by atoms with E-state index in [1.165, 1.54) is 0 Å². The molecule has 0 aliphatic carbocycles. The highest BCUT2D eigenvalue weighted by molar-refractivity contribution is 5.39. The van der Waals surface area contributed by atoms with Gasteiger partial charge in [0.15, 0.2) is 0 Å². The fraction of sp³-hybridized carbons (Fsp3) is 0.286. The molecular formula is C14H15N3O2. The molecule has 0 radical (unpaired) electrons. The molecule has 0 saturated carbocycles.